The van der Waals surface area contributed by atoms with E-state index in [-0.39, 0.29) is 5.41 Å². The first-order valence-electron chi connectivity index (χ1n) is 7.21. The molecule has 0 aromatic heterocycles. The second kappa shape index (κ2) is 6.14. The smallest absolute Gasteiger partial charge is 0.346 e. The molecule has 0 fully saturated rings. The molecule has 0 heterocycles. The molecule has 0 bridgehead atoms. The van der Waals surface area contributed by atoms with Crippen LogP contribution in [-0.2, 0) is 10.2 Å². The lowest BCUT2D eigenvalue weighted by molar-refractivity contribution is 0.0398. The highest BCUT2D eigenvalue weighted by Gasteiger charge is 2.17. The van der Waals surface area contributed by atoms with Crippen LogP contribution in [0.5, 0.6) is 0 Å². The van der Waals surface area contributed by atoms with Crippen molar-refractivity contribution in [3.8, 4) is 0 Å². The first kappa shape index (κ1) is 16.0. The van der Waals surface area contributed by atoms with E-state index in [0.717, 1.165) is 11.1 Å². The van der Waals surface area contributed by atoms with Crippen LogP contribution in [0.4, 0.5) is 0 Å². The molecule has 0 radical (unpaired) electrons. The van der Waals surface area contributed by atoms with E-state index < -0.39 is 11.9 Å². The van der Waals surface area contributed by atoms with Crippen LogP contribution in [0.3, 0.4) is 0 Å². The highest BCUT2D eigenvalue weighted by molar-refractivity contribution is 6.02. The molecule has 2 aromatic carbocycles. The molecule has 0 aliphatic rings. The van der Waals surface area contributed by atoms with Gasteiger partial charge in [-0.1, -0.05) is 50.6 Å². The van der Waals surface area contributed by atoms with Crippen LogP contribution in [0.25, 0.3) is 0 Å². The first-order chi connectivity index (χ1) is 10.3. The minimum atomic E-state index is -0.634. The molecule has 22 heavy (non-hydrogen) atoms. The van der Waals surface area contributed by atoms with Crippen LogP contribution in [0.2, 0.25) is 0 Å². The van der Waals surface area contributed by atoms with Crippen LogP contribution in [0.1, 0.15) is 52.6 Å². The number of esters is 2. The summed E-state index contributed by atoms with van der Waals surface area (Å²) in [5.74, 6) is -1.27. The second-order valence-corrected chi connectivity index (χ2v) is 6.37. The van der Waals surface area contributed by atoms with Gasteiger partial charge in [0.05, 0.1) is 11.1 Å². The van der Waals surface area contributed by atoms with Crippen molar-refractivity contribution >= 4 is 11.9 Å². The molecule has 0 unspecified atom stereocenters. The normalized spacial score (nSPS) is 11.1. The van der Waals surface area contributed by atoms with E-state index in [1.165, 1.54) is 0 Å². The predicted molar refractivity (Wildman–Crippen MR) is 86.1 cm³/mol. The summed E-state index contributed by atoms with van der Waals surface area (Å²) in [5, 5.41) is 0. The predicted octanol–water partition coefficient (Wildman–Crippen LogP) is 4.29. The summed E-state index contributed by atoms with van der Waals surface area (Å²) < 4.78 is 4.91. The Morgan fingerprint density at radius 3 is 1.59 bits per heavy atom. The lowest BCUT2D eigenvalue weighted by atomic mass is 9.87. The Labute approximate surface area is 130 Å². The van der Waals surface area contributed by atoms with Gasteiger partial charge in [-0.25, -0.2) is 9.59 Å². The molecular formula is C19H20O3. The number of carbonyl (C=O) groups excluding carboxylic acids is 2. The van der Waals surface area contributed by atoms with E-state index in [4.69, 9.17) is 4.74 Å². The van der Waals surface area contributed by atoms with Crippen molar-refractivity contribution in [2.75, 3.05) is 0 Å². The molecule has 0 N–H and O–H groups in total. The molecule has 0 spiro atoms. The molecule has 0 atom stereocenters. The standard InChI is InChI=1S/C19H20O3/c1-13-5-7-14(8-6-13)17(20)22-18(21)15-9-11-16(12-10-15)19(2,3)4/h5-12H,1-4H3. The number of benzene rings is 2. The molecule has 2 rings (SSSR count). The number of carbonyl (C=O) groups is 2. The van der Waals surface area contributed by atoms with Crippen LogP contribution in [0, 0.1) is 6.92 Å². The van der Waals surface area contributed by atoms with Crippen molar-refractivity contribution in [3.05, 3.63) is 70.8 Å². The van der Waals surface area contributed by atoms with E-state index in [9.17, 15) is 9.59 Å². The van der Waals surface area contributed by atoms with Crippen molar-refractivity contribution in [1.82, 2.24) is 0 Å². The third-order valence-electron chi connectivity index (χ3n) is 3.46. The summed E-state index contributed by atoms with van der Waals surface area (Å²) in [7, 11) is 0. The topological polar surface area (TPSA) is 43.4 Å². The maximum atomic E-state index is 12.0. The second-order valence-electron chi connectivity index (χ2n) is 6.37. The number of hydrogen-bond donors (Lipinski definition) is 0. The molecule has 0 saturated heterocycles. The molecule has 114 valence electrons. The molecule has 0 aliphatic carbocycles. The molecule has 3 heteroatoms. The van der Waals surface area contributed by atoms with Crippen molar-refractivity contribution < 1.29 is 14.3 Å². The zero-order chi connectivity index (χ0) is 16.3. The Morgan fingerprint density at radius 2 is 1.18 bits per heavy atom. The molecule has 3 nitrogen and oxygen atoms in total. The van der Waals surface area contributed by atoms with Gasteiger partial charge in [-0.2, -0.15) is 0 Å². The van der Waals surface area contributed by atoms with Gasteiger partial charge >= 0.3 is 11.9 Å². The van der Waals surface area contributed by atoms with E-state index in [1.807, 2.05) is 19.1 Å². The summed E-state index contributed by atoms with van der Waals surface area (Å²) in [6.45, 7) is 8.22. The Balaban J connectivity index is 2.09. The van der Waals surface area contributed by atoms with Crippen LogP contribution < -0.4 is 0 Å². The SMILES string of the molecule is Cc1ccc(C(=O)OC(=O)c2ccc(C(C)(C)C)cc2)cc1. The number of hydrogen-bond acceptors (Lipinski definition) is 3. The largest absolute Gasteiger partial charge is 0.386 e. The lowest BCUT2D eigenvalue weighted by Crippen LogP contribution is -2.14. The van der Waals surface area contributed by atoms with Gasteiger partial charge in [0, 0.05) is 0 Å². The third-order valence-corrected chi connectivity index (χ3v) is 3.46. The van der Waals surface area contributed by atoms with Crippen LogP contribution in [-0.4, -0.2) is 11.9 Å². The average molecular weight is 296 g/mol. The Bertz CT molecular complexity index is 674. The summed E-state index contributed by atoms with van der Waals surface area (Å²) >= 11 is 0. The van der Waals surface area contributed by atoms with Gasteiger partial charge < -0.3 is 4.74 Å². The Hall–Kier alpha value is -2.42. The number of rotatable bonds is 2. The zero-order valence-electron chi connectivity index (χ0n) is 13.3. The summed E-state index contributed by atoms with van der Waals surface area (Å²) in [4.78, 5) is 23.9. The average Bonchev–Trinajstić information content (AvgIpc) is 2.47. The fraction of sp³-hybridized carbons (Fsp3) is 0.263. The van der Waals surface area contributed by atoms with Gasteiger partial charge in [0.15, 0.2) is 0 Å². The van der Waals surface area contributed by atoms with E-state index in [2.05, 4.69) is 20.8 Å². The first-order valence-corrected chi connectivity index (χ1v) is 7.21. The highest BCUT2D eigenvalue weighted by Crippen LogP contribution is 2.22. The molecule has 2 aromatic rings. The van der Waals surface area contributed by atoms with Crippen molar-refractivity contribution in [2.45, 2.75) is 33.1 Å². The zero-order valence-corrected chi connectivity index (χ0v) is 13.3. The highest BCUT2D eigenvalue weighted by atomic mass is 16.6. The minimum Gasteiger partial charge on any atom is -0.386 e. The lowest BCUT2D eigenvalue weighted by Gasteiger charge is -2.18. The molecule has 0 saturated carbocycles. The van der Waals surface area contributed by atoms with E-state index in [1.54, 1.807) is 36.4 Å². The molecule has 0 amide bonds. The molecular weight excluding hydrogens is 276 g/mol. The number of ether oxygens (including phenoxy) is 1. The fourth-order valence-electron chi connectivity index (χ4n) is 2.00. The van der Waals surface area contributed by atoms with Gasteiger partial charge in [-0.05, 0) is 42.2 Å². The van der Waals surface area contributed by atoms with Gasteiger partial charge in [-0.3, -0.25) is 0 Å². The Morgan fingerprint density at radius 1 is 0.773 bits per heavy atom. The fourth-order valence-corrected chi connectivity index (χ4v) is 2.00. The monoisotopic (exact) mass is 296 g/mol. The van der Waals surface area contributed by atoms with Crippen LogP contribution in [0.15, 0.2) is 48.5 Å². The van der Waals surface area contributed by atoms with Gasteiger partial charge in [0.25, 0.3) is 0 Å². The van der Waals surface area contributed by atoms with Crippen molar-refractivity contribution in [2.24, 2.45) is 0 Å². The minimum absolute atomic E-state index is 0.0140. The van der Waals surface area contributed by atoms with E-state index >= 15 is 0 Å². The summed E-state index contributed by atoms with van der Waals surface area (Å²) in [5.41, 5.74) is 2.91. The summed E-state index contributed by atoms with van der Waals surface area (Å²) in [6.07, 6.45) is 0. The van der Waals surface area contributed by atoms with Gasteiger partial charge in [0.2, 0.25) is 0 Å². The quantitative estimate of drug-likeness (QED) is 0.613. The van der Waals surface area contributed by atoms with Crippen molar-refractivity contribution in [1.29, 1.82) is 0 Å². The maximum Gasteiger partial charge on any atom is 0.346 e. The molecule has 0 aliphatic heterocycles. The third kappa shape index (κ3) is 3.82. The van der Waals surface area contributed by atoms with Gasteiger partial charge in [-0.15, -0.1) is 0 Å². The number of aryl methyl sites for hydroxylation is 1. The van der Waals surface area contributed by atoms with Crippen LogP contribution >= 0.6 is 0 Å². The Kier molecular flexibility index (Phi) is 4.45. The van der Waals surface area contributed by atoms with E-state index in [0.29, 0.717) is 11.1 Å². The summed E-state index contributed by atoms with van der Waals surface area (Å²) in [6, 6.07) is 14.0. The maximum absolute atomic E-state index is 12.0. The van der Waals surface area contributed by atoms with Crippen molar-refractivity contribution in [3.63, 3.8) is 0 Å². The van der Waals surface area contributed by atoms with Gasteiger partial charge in [0.1, 0.15) is 0 Å².